The van der Waals surface area contributed by atoms with Crippen molar-refractivity contribution in [1.82, 2.24) is 15.5 Å². The summed E-state index contributed by atoms with van der Waals surface area (Å²) in [4.78, 5) is 25.0. The zero-order valence-electron chi connectivity index (χ0n) is 17.2. The van der Waals surface area contributed by atoms with E-state index in [1.54, 1.807) is 25.1 Å². The summed E-state index contributed by atoms with van der Waals surface area (Å²) in [6.45, 7) is 3.76. The van der Waals surface area contributed by atoms with Crippen LogP contribution >= 0.6 is 11.6 Å². The number of halogens is 2. The van der Waals surface area contributed by atoms with Gasteiger partial charge in [-0.15, -0.1) is 0 Å². The monoisotopic (exact) mass is 440 g/mol. The number of amides is 2. The Kier molecular flexibility index (Phi) is 5.78. The Bertz CT molecular complexity index is 1220. The number of aryl methyl sites for hydroxylation is 1. The summed E-state index contributed by atoms with van der Waals surface area (Å²) in [6.07, 6.45) is 0.899. The summed E-state index contributed by atoms with van der Waals surface area (Å²) in [5.41, 5.74) is 4.09. The number of rotatable bonds is 5. The van der Waals surface area contributed by atoms with Crippen LogP contribution in [0.2, 0.25) is 5.02 Å². The maximum atomic E-state index is 14.6. The van der Waals surface area contributed by atoms with E-state index >= 15 is 0 Å². The van der Waals surface area contributed by atoms with Gasteiger partial charge in [0.1, 0.15) is 5.82 Å². The zero-order chi connectivity index (χ0) is 22.1. The van der Waals surface area contributed by atoms with Crippen molar-refractivity contribution >= 4 is 40.0 Å². The summed E-state index contributed by atoms with van der Waals surface area (Å²) in [5.74, 6) is -1.47. The molecule has 0 radical (unpaired) electrons. The van der Waals surface area contributed by atoms with Gasteiger partial charge in [-0.3, -0.25) is 14.7 Å². The predicted molar refractivity (Wildman–Crippen MR) is 118 cm³/mol. The lowest BCUT2D eigenvalue weighted by atomic mass is 9.82. The Hall–Kier alpha value is -3.19. The maximum absolute atomic E-state index is 14.6. The molecule has 0 saturated carbocycles. The molecule has 31 heavy (non-hydrogen) atoms. The molecule has 1 atom stereocenters. The van der Waals surface area contributed by atoms with E-state index in [1.165, 1.54) is 6.07 Å². The molecular weight excluding hydrogens is 419 g/mol. The molecule has 8 heteroatoms. The van der Waals surface area contributed by atoms with Gasteiger partial charge in [-0.2, -0.15) is 5.10 Å². The number of nitrogens with one attached hydrogen (secondary N) is 3. The van der Waals surface area contributed by atoms with Crippen LogP contribution in [0.5, 0.6) is 0 Å². The Morgan fingerprint density at radius 2 is 2.10 bits per heavy atom. The fraction of sp³-hybridized carbons (Fsp3) is 0.261. The first kappa shape index (κ1) is 21.1. The second-order valence-electron chi connectivity index (χ2n) is 7.63. The van der Waals surface area contributed by atoms with Crippen LogP contribution in [0.4, 0.5) is 10.1 Å². The fourth-order valence-electron chi connectivity index (χ4n) is 4.04. The third-order valence-electron chi connectivity index (χ3n) is 5.58. The lowest BCUT2D eigenvalue weighted by molar-refractivity contribution is -0.121. The number of allylic oxidation sites excluding steroid dienone is 1. The van der Waals surface area contributed by atoms with Crippen LogP contribution in [0.1, 0.15) is 43.9 Å². The number of aromatic nitrogens is 2. The molecular formula is C23H22ClFN4O2. The van der Waals surface area contributed by atoms with Gasteiger partial charge < -0.3 is 10.6 Å². The van der Waals surface area contributed by atoms with Crippen molar-refractivity contribution in [2.24, 2.45) is 0 Å². The number of aromatic amines is 1. The number of benzene rings is 2. The van der Waals surface area contributed by atoms with Gasteiger partial charge in [0.15, 0.2) is 0 Å². The Morgan fingerprint density at radius 1 is 1.29 bits per heavy atom. The number of carbonyl (C=O) groups excluding carboxylic acids is 2. The van der Waals surface area contributed by atoms with Crippen LogP contribution in [0.15, 0.2) is 47.7 Å². The molecule has 0 saturated heterocycles. The minimum Gasteiger partial charge on any atom is -0.330 e. The molecule has 6 nitrogen and oxygen atoms in total. The first-order chi connectivity index (χ1) is 14.9. The third-order valence-corrected chi connectivity index (χ3v) is 5.81. The molecule has 3 aromatic rings. The molecule has 1 aromatic heterocycles. The van der Waals surface area contributed by atoms with Crippen molar-refractivity contribution in [3.63, 3.8) is 0 Å². The van der Waals surface area contributed by atoms with Gasteiger partial charge >= 0.3 is 0 Å². The molecule has 1 aliphatic rings. The Balaban J connectivity index is 1.59. The van der Waals surface area contributed by atoms with Crippen LogP contribution in [-0.2, 0) is 16.0 Å². The molecule has 0 aliphatic carbocycles. The summed E-state index contributed by atoms with van der Waals surface area (Å²) in [7, 11) is 0. The van der Waals surface area contributed by atoms with Crippen molar-refractivity contribution in [3.8, 4) is 0 Å². The summed E-state index contributed by atoms with van der Waals surface area (Å²) in [6, 6.07) is 9.91. The lowest BCUT2D eigenvalue weighted by Crippen LogP contribution is -2.32. The maximum Gasteiger partial charge on any atom is 0.228 e. The van der Waals surface area contributed by atoms with Crippen molar-refractivity contribution in [1.29, 1.82) is 0 Å². The van der Waals surface area contributed by atoms with Crippen LogP contribution in [0.3, 0.4) is 0 Å². The summed E-state index contributed by atoms with van der Waals surface area (Å²) in [5, 5.41) is 14.2. The fourth-order valence-corrected chi connectivity index (χ4v) is 4.20. The Morgan fingerprint density at radius 3 is 2.84 bits per heavy atom. The van der Waals surface area contributed by atoms with E-state index in [2.05, 4.69) is 20.8 Å². The van der Waals surface area contributed by atoms with Gasteiger partial charge in [-0.05, 0) is 54.8 Å². The van der Waals surface area contributed by atoms with Crippen LogP contribution < -0.4 is 10.6 Å². The largest absolute Gasteiger partial charge is 0.330 e. The third kappa shape index (κ3) is 4.32. The van der Waals surface area contributed by atoms with Gasteiger partial charge in [0.05, 0.1) is 11.9 Å². The highest BCUT2D eigenvalue weighted by atomic mass is 35.5. The molecule has 0 bridgehead atoms. The van der Waals surface area contributed by atoms with E-state index in [1.807, 2.05) is 19.1 Å². The van der Waals surface area contributed by atoms with Crippen molar-refractivity contribution in [2.75, 3.05) is 5.32 Å². The highest BCUT2D eigenvalue weighted by Crippen LogP contribution is 2.37. The molecule has 1 unspecified atom stereocenters. The molecule has 0 spiro atoms. The smallest absolute Gasteiger partial charge is 0.228 e. The topological polar surface area (TPSA) is 86.9 Å². The summed E-state index contributed by atoms with van der Waals surface area (Å²) < 4.78 is 14.6. The van der Waals surface area contributed by atoms with E-state index < -0.39 is 11.7 Å². The van der Waals surface area contributed by atoms with E-state index in [0.29, 0.717) is 22.5 Å². The lowest BCUT2D eigenvalue weighted by Gasteiger charge is -2.28. The molecule has 3 N–H and O–H groups in total. The number of hydrogen-bond acceptors (Lipinski definition) is 3. The molecule has 2 amide bonds. The first-order valence-electron chi connectivity index (χ1n) is 10.1. The second-order valence-corrected chi connectivity index (χ2v) is 8.07. The highest BCUT2D eigenvalue weighted by Gasteiger charge is 2.30. The molecule has 2 heterocycles. The number of carbonyl (C=O) groups is 2. The second kappa shape index (κ2) is 8.51. The quantitative estimate of drug-likeness (QED) is 0.531. The van der Waals surface area contributed by atoms with E-state index in [4.69, 9.17) is 11.6 Å². The zero-order valence-corrected chi connectivity index (χ0v) is 17.9. The van der Waals surface area contributed by atoms with Gasteiger partial charge in [-0.25, -0.2) is 4.39 Å². The number of fused-ring (bicyclic) bond motifs is 1. The number of H-pyrrole nitrogens is 1. The van der Waals surface area contributed by atoms with Crippen LogP contribution in [-0.4, -0.2) is 22.0 Å². The average molecular weight is 441 g/mol. The standard InChI is InChI=1S/C23H22ClFN4O2/c1-3-20-18-9-14(5-7-21(18)29-28-20)27-23(31)10-16-12(2)26-22(30)11-17(16)15-6-4-13(24)8-19(15)25/h4-9,17H,3,10-11H2,1-2H3,(H,26,30)(H,27,31)(H,28,29). The number of anilines is 1. The number of hydrogen-bond donors (Lipinski definition) is 3. The Labute approximate surface area is 183 Å². The average Bonchev–Trinajstić information content (AvgIpc) is 3.12. The first-order valence-corrected chi connectivity index (χ1v) is 10.4. The van der Waals surface area contributed by atoms with Crippen LogP contribution in [0, 0.1) is 5.82 Å². The van der Waals surface area contributed by atoms with E-state index in [9.17, 15) is 14.0 Å². The molecule has 4 rings (SSSR count). The van der Waals surface area contributed by atoms with Gasteiger partial charge in [0.2, 0.25) is 11.8 Å². The predicted octanol–water partition coefficient (Wildman–Crippen LogP) is 4.82. The SMILES string of the molecule is CCc1[nH]nc2ccc(NC(=O)CC3=C(C)NC(=O)CC3c3ccc(Cl)cc3F)cc12. The van der Waals surface area contributed by atoms with Gasteiger partial charge in [0, 0.05) is 39.8 Å². The van der Waals surface area contributed by atoms with Crippen LogP contribution in [0.25, 0.3) is 10.9 Å². The normalized spacial score (nSPS) is 16.5. The van der Waals surface area contributed by atoms with Gasteiger partial charge in [-0.1, -0.05) is 24.6 Å². The minimum absolute atomic E-state index is 0.0307. The minimum atomic E-state index is -0.528. The summed E-state index contributed by atoms with van der Waals surface area (Å²) >= 11 is 5.88. The van der Waals surface area contributed by atoms with Crippen molar-refractivity contribution in [3.05, 3.63) is 69.8 Å². The number of nitrogens with zero attached hydrogens (tertiary/aromatic N) is 1. The van der Waals surface area contributed by atoms with Crippen molar-refractivity contribution in [2.45, 2.75) is 39.0 Å². The molecule has 2 aromatic carbocycles. The molecule has 160 valence electrons. The van der Waals surface area contributed by atoms with Gasteiger partial charge in [0.25, 0.3) is 0 Å². The van der Waals surface area contributed by atoms with Crippen molar-refractivity contribution < 1.29 is 14.0 Å². The molecule has 1 aliphatic heterocycles. The molecule has 0 fully saturated rings. The van der Waals surface area contributed by atoms with E-state index in [0.717, 1.165) is 23.0 Å². The van der Waals surface area contributed by atoms with E-state index in [-0.39, 0.29) is 29.7 Å². The highest BCUT2D eigenvalue weighted by molar-refractivity contribution is 6.30.